The predicted octanol–water partition coefficient (Wildman–Crippen LogP) is 7.75. The van der Waals surface area contributed by atoms with Gasteiger partial charge in [0.25, 0.3) is 5.69 Å². The molecule has 3 atom stereocenters. The molecule has 2 aliphatic rings. The second kappa shape index (κ2) is 14.2. The second-order valence-corrected chi connectivity index (χ2v) is 16.6. The number of carbonyl (C=O) groups is 1. The monoisotopic (exact) mass is 710 g/mol. The van der Waals surface area contributed by atoms with Gasteiger partial charge in [0.15, 0.2) is 6.61 Å². The van der Waals surface area contributed by atoms with Gasteiger partial charge in [0.05, 0.1) is 27.0 Å². The molecule has 0 aromatic heterocycles. The van der Waals surface area contributed by atoms with Crippen LogP contribution in [0, 0.1) is 21.4 Å². The van der Waals surface area contributed by atoms with Gasteiger partial charge in [-0.25, -0.2) is 13.2 Å². The van der Waals surface area contributed by atoms with Crippen molar-refractivity contribution in [3.8, 4) is 5.75 Å². The highest BCUT2D eigenvalue weighted by molar-refractivity contribution is 7.89. The van der Waals surface area contributed by atoms with E-state index in [2.05, 4.69) is 27.4 Å². The van der Waals surface area contributed by atoms with Crippen LogP contribution in [0.25, 0.3) is 0 Å². The van der Waals surface area contributed by atoms with Crippen LogP contribution < -0.4 is 4.74 Å². The number of ether oxygens (including phenoxy) is 2. The van der Waals surface area contributed by atoms with Crippen molar-refractivity contribution in [1.82, 2.24) is 4.31 Å². The average molecular weight is 711 g/mol. The molecule has 0 saturated carbocycles. The van der Waals surface area contributed by atoms with Crippen molar-refractivity contribution in [3.05, 3.63) is 111 Å². The van der Waals surface area contributed by atoms with Crippen molar-refractivity contribution >= 4 is 33.3 Å². The van der Waals surface area contributed by atoms with Crippen LogP contribution in [0.1, 0.15) is 69.8 Å². The molecule has 1 N–H and O–H groups in total. The minimum atomic E-state index is -3.89. The second-order valence-electron chi connectivity index (χ2n) is 14.2. The molecule has 0 aliphatic carbocycles. The lowest BCUT2D eigenvalue weighted by Gasteiger charge is -2.53. The topological polar surface area (TPSA) is 136 Å². The number of carboxylic acid groups (broad SMARTS) is 1. The van der Waals surface area contributed by atoms with Gasteiger partial charge in [0.1, 0.15) is 5.75 Å². The molecule has 0 bridgehead atoms. The van der Waals surface area contributed by atoms with Crippen molar-refractivity contribution < 1.29 is 32.7 Å². The van der Waals surface area contributed by atoms with Gasteiger partial charge < -0.3 is 14.6 Å². The minimum absolute atomic E-state index is 0.0131. The molecule has 2 saturated heterocycles. The van der Waals surface area contributed by atoms with Crippen molar-refractivity contribution in [2.75, 3.05) is 19.7 Å². The number of hydrogen-bond acceptors (Lipinski definition) is 7. The minimum Gasteiger partial charge on any atom is -0.480 e. The van der Waals surface area contributed by atoms with Crippen LogP contribution in [-0.2, 0) is 31.4 Å². The van der Waals surface area contributed by atoms with Gasteiger partial charge >= 0.3 is 5.97 Å². The van der Waals surface area contributed by atoms with Crippen LogP contribution in [0.3, 0.4) is 0 Å². The zero-order valence-corrected chi connectivity index (χ0v) is 29.8. The van der Waals surface area contributed by atoms with E-state index < -0.39 is 39.0 Å². The van der Waals surface area contributed by atoms with Crippen LogP contribution in [-0.4, -0.2) is 54.5 Å². The molecule has 5 rings (SSSR count). The Morgan fingerprint density at radius 3 is 2.31 bits per heavy atom. The normalized spacial score (nSPS) is 21.3. The number of nitro benzene ring substituents is 1. The number of aliphatic carboxylic acids is 1. The standard InChI is InChI=1S/C37H43ClN2O8S/c1-24(2)30-22-37(15-17-39(18-16-37)49(45,46)28-13-11-27(12-14-28)40(43)44)32(19-25-9-7-6-8-10-25)48-34(30)29-20-26(36(3,4)5)21-31(38)35(29)47-23-33(41)42/h6-14,20-21,30,32,34H,1,15-19,22-23H2,2-5H3,(H,41,42)/t30-,32+,34-/m0/s1. The molecule has 0 unspecified atom stereocenters. The maximum Gasteiger partial charge on any atom is 0.341 e. The maximum atomic E-state index is 13.7. The molecule has 0 radical (unpaired) electrons. The van der Waals surface area contributed by atoms with Gasteiger partial charge in [-0.2, -0.15) is 4.31 Å². The zero-order chi connectivity index (χ0) is 35.7. The molecule has 2 heterocycles. The lowest BCUT2D eigenvalue weighted by atomic mass is 9.63. The fourth-order valence-electron chi connectivity index (χ4n) is 7.04. The summed E-state index contributed by atoms with van der Waals surface area (Å²) < 4.78 is 41.8. The van der Waals surface area contributed by atoms with Crippen molar-refractivity contribution in [1.29, 1.82) is 0 Å². The van der Waals surface area contributed by atoms with Gasteiger partial charge in [-0.3, -0.25) is 10.1 Å². The number of piperidine rings is 1. The first kappa shape index (κ1) is 36.5. The van der Waals surface area contributed by atoms with Gasteiger partial charge in [0.2, 0.25) is 10.0 Å². The fourth-order valence-corrected chi connectivity index (χ4v) is 8.76. The summed E-state index contributed by atoms with van der Waals surface area (Å²) in [5, 5.41) is 20.9. The van der Waals surface area contributed by atoms with E-state index in [1.807, 2.05) is 49.4 Å². The Labute approximate surface area is 292 Å². The summed E-state index contributed by atoms with van der Waals surface area (Å²) in [7, 11) is -3.89. The Balaban J connectivity index is 1.53. The number of benzene rings is 3. The molecule has 0 amide bonds. The van der Waals surface area contributed by atoms with Crippen LogP contribution >= 0.6 is 11.6 Å². The molecular weight excluding hydrogens is 668 g/mol. The van der Waals surface area contributed by atoms with E-state index >= 15 is 0 Å². The highest BCUT2D eigenvalue weighted by Crippen LogP contribution is 2.56. The quantitative estimate of drug-likeness (QED) is 0.128. The first-order chi connectivity index (χ1) is 23.0. The number of halogens is 1. The number of nitro groups is 1. The van der Waals surface area contributed by atoms with E-state index in [0.29, 0.717) is 36.3 Å². The van der Waals surface area contributed by atoms with E-state index in [4.69, 9.17) is 21.1 Å². The number of sulfonamides is 1. The van der Waals surface area contributed by atoms with Crippen LogP contribution in [0.4, 0.5) is 5.69 Å². The predicted molar refractivity (Wildman–Crippen MR) is 187 cm³/mol. The van der Waals surface area contributed by atoms with E-state index in [0.717, 1.165) is 16.7 Å². The average Bonchev–Trinajstić information content (AvgIpc) is 3.05. The Morgan fingerprint density at radius 2 is 1.76 bits per heavy atom. The largest absolute Gasteiger partial charge is 0.480 e. The number of hydrogen-bond donors (Lipinski definition) is 1. The third kappa shape index (κ3) is 7.85. The summed E-state index contributed by atoms with van der Waals surface area (Å²) in [6.45, 7) is 12.5. The molecular formula is C37H43ClN2O8S. The van der Waals surface area contributed by atoms with Gasteiger partial charge in [-0.1, -0.05) is 74.9 Å². The van der Waals surface area contributed by atoms with Gasteiger partial charge in [-0.05, 0) is 73.4 Å². The summed E-state index contributed by atoms with van der Waals surface area (Å²) in [5.74, 6) is -1.06. The third-order valence-corrected chi connectivity index (χ3v) is 12.1. The van der Waals surface area contributed by atoms with E-state index in [-0.39, 0.29) is 46.9 Å². The molecule has 3 aromatic carbocycles. The van der Waals surface area contributed by atoms with Crippen molar-refractivity contribution in [2.24, 2.45) is 11.3 Å². The lowest BCUT2D eigenvalue weighted by molar-refractivity contribution is -0.384. The van der Waals surface area contributed by atoms with E-state index in [1.54, 1.807) is 0 Å². The molecule has 2 fully saturated rings. The molecule has 3 aromatic rings. The Morgan fingerprint density at radius 1 is 1.12 bits per heavy atom. The number of nitrogens with zero attached hydrogens (tertiary/aromatic N) is 2. The maximum absolute atomic E-state index is 13.7. The highest BCUT2D eigenvalue weighted by atomic mass is 35.5. The van der Waals surface area contributed by atoms with Crippen molar-refractivity contribution in [2.45, 2.75) is 75.9 Å². The Hall–Kier alpha value is -3.77. The highest BCUT2D eigenvalue weighted by Gasteiger charge is 2.52. The number of rotatable bonds is 10. The summed E-state index contributed by atoms with van der Waals surface area (Å²) in [4.78, 5) is 22.2. The summed E-state index contributed by atoms with van der Waals surface area (Å²) in [5.41, 5.74) is 2.70. The SMILES string of the molecule is C=C(C)[C@@H]1CC2(CCN(S(=O)(=O)c3ccc([N+](=O)[O-])cc3)CC2)[C@@H](Cc2ccccc2)O[C@H]1c1cc(C(C)(C)C)cc(Cl)c1OCC(=O)O. The van der Waals surface area contributed by atoms with E-state index in [1.165, 1.54) is 28.6 Å². The fraction of sp³-hybridized carbons (Fsp3) is 0.432. The molecule has 262 valence electrons. The summed E-state index contributed by atoms with van der Waals surface area (Å²) in [6.07, 6.45) is 1.40. The number of non-ortho nitro benzene ring substituents is 1. The van der Waals surface area contributed by atoms with Gasteiger partial charge in [-0.15, -0.1) is 0 Å². The number of carboxylic acids is 1. The molecule has 10 nitrogen and oxygen atoms in total. The molecule has 49 heavy (non-hydrogen) atoms. The molecule has 2 aliphatic heterocycles. The Kier molecular flexibility index (Phi) is 10.6. The molecule has 12 heteroatoms. The Bertz CT molecular complexity index is 1820. The summed E-state index contributed by atoms with van der Waals surface area (Å²) >= 11 is 6.82. The lowest BCUT2D eigenvalue weighted by Crippen LogP contribution is -2.53. The van der Waals surface area contributed by atoms with Crippen molar-refractivity contribution in [3.63, 3.8) is 0 Å². The van der Waals surface area contributed by atoms with Crippen LogP contribution in [0.15, 0.2) is 83.8 Å². The smallest absolute Gasteiger partial charge is 0.341 e. The molecule has 1 spiro atoms. The zero-order valence-electron chi connectivity index (χ0n) is 28.2. The summed E-state index contributed by atoms with van der Waals surface area (Å²) in [6, 6.07) is 18.8. The van der Waals surface area contributed by atoms with Gasteiger partial charge in [0, 0.05) is 42.1 Å². The first-order valence-electron chi connectivity index (χ1n) is 16.3. The van der Waals surface area contributed by atoms with Crippen LogP contribution in [0.5, 0.6) is 5.75 Å². The van der Waals surface area contributed by atoms with E-state index in [9.17, 15) is 28.4 Å². The third-order valence-electron chi connectivity index (χ3n) is 9.87. The van der Waals surface area contributed by atoms with Crippen LogP contribution in [0.2, 0.25) is 5.02 Å². The first-order valence-corrected chi connectivity index (χ1v) is 18.1.